The summed E-state index contributed by atoms with van der Waals surface area (Å²) in [6.45, 7) is 6.36. The minimum Gasteiger partial charge on any atom is -0.465 e. The lowest BCUT2D eigenvalue weighted by Gasteiger charge is -2.28. The lowest BCUT2D eigenvalue weighted by Crippen LogP contribution is -2.35. The summed E-state index contributed by atoms with van der Waals surface area (Å²) in [6, 6.07) is 0. The van der Waals surface area contributed by atoms with E-state index in [4.69, 9.17) is 4.74 Å². The van der Waals surface area contributed by atoms with Crippen molar-refractivity contribution in [2.24, 2.45) is 0 Å². The maximum absolute atomic E-state index is 11.6. The molecule has 3 heteroatoms. The van der Waals surface area contributed by atoms with Gasteiger partial charge in [-0.15, -0.1) is 11.8 Å². The normalized spacial score (nSPS) is 28.1. The number of thioether (sulfide) groups is 1. The Labute approximate surface area is 83.7 Å². The Morgan fingerprint density at radius 3 is 2.92 bits per heavy atom. The molecule has 1 aliphatic heterocycles. The summed E-state index contributed by atoms with van der Waals surface area (Å²) >= 11 is 1.68. The van der Waals surface area contributed by atoms with E-state index < -0.39 is 0 Å². The third-order valence-electron chi connectivity index (χ3n) is 2.17. The third kappa shape index (κ3) is 2.50. The molecule has 0 aliphatic carbocycles. The monoisotopic (exact) mass is 200 g/mol. The molecule has 1 atom stereocenters. The van der Waals surface area contributed by atoms with Crippen molar-refractivity contribution in [3.63, 3.8) is 0 Å². The van der Waals surface area contributed by atoms with E-state index in [0.29, 0.717) is 6.61 Å². The van der Waals surface area contributed by atoms with Gasteiger partial charge in [0.2, 0.25) is 0 Å². The maximum atomic E-state index is 11.6. The molecule has 1 rings (SSSR count). The number of esters is 1. The van der Waals surface area contributed by atoms with Gasteiger partial charge in [-0.2, -0.15) is 0 Å². The third-order valence-corrected chi connectivity index (χ3v) is 3.74. The van der Waals surface area contributed by atoms with Gasteiger partial charge >= 0.3 is 5.97 Å². The van der Waals surface area contributed by atoms with Crippen molar-refractivity contribution >= 4 is 17.7 Å². The Morgan fingerprint density at radius 1 is 1.77 bits per heavy atom. The Bertz CT molecular complexity index is 235. The van der Waals surface area contributed by atoms with E-state index >= 15 is 0 Å². The molecule has 0 saturated heterocycles. The number of allylic oxidation sites excluding steroid dienone is 1. The van der Waals surface area contributed by atoms with Gasteiger partial charge in [-0.3, -0.25) is 4.79 Å². The number of carbonyl (C=O) groups excluding carboxylic acids is 1. The minimum absolute atomic E-state index is 0.0799. The van der Waals surface area contributed by atoms with Crippen LogP contribution >= 0.6 is 11.8 Å². The molecule has 1 aliphatic rings. The molecule has 0 saturated carbocycles. The fourth-order valence-electron chi connectivity index (χ4n) is 1.19. The van der Waals surface area contributed by atoms with Crippen LogP contribution in [0, 0.1) is 0 Å². The van der Waals surface area contributed by atoms with E-state index in [1.54, 1.807) is 11.8 Å². The summed E-state index contributed by atoms with van der Waals surface area (Å²) in [5, 5.41) is 0. The number of hydrogen-bond acceptors (Lipinski definition) is 3. The lowest BCUT2D eigenvalue weighted by atomic mass is 10.0. The van der Waals surface area contributed by atoms with E-state index in [0.717, 1.165) is 12.2 Å². The first-order valence-electron chi connectivity index (χ1n) is 4.55. The fourth-order valence-corrected chi connectivity index (χ4v) is 2.23. The smallest absolute Gasteiger partial charge is 0.322 e. The molecule has 74 valence electrons. The van der Waals surface area contributed by atoms with Crippen molar-refractivity contribution in [2.45, 2.75) is 31.9 Å². The first kappa shape index (κ1) is 10.6. The molecule has 0 aromatic heterocycles. The van der Waals surface area contributed by atoms with Crippen LogP contribution in [0.5, 0.6) is 0 Å². The van der Waals surface area contributed by atoms with E-state index in [1.165, 1.54) is 5.57 Å². The Kier molecular flexibility index (Phi) is 3.42. The Hall–Kier alpha value is -0.440. The quantitative estimate of drug-likeness (QED) is 0.506. The van der Waals surface area contributed by atoms with Crippen molar-refractivity contribution in [1.29, 1.82) is 0 Å². The van der Waals surface area contributed by atoms with Gasteiger partial charge in [0.25, 0.3) is 0 Å². The van der Waals surface area contributed by atoms with E-state index in [-0.39, 0.29) is 10.7 Å². The predicted molar refractivity (Wildman–Crippen MR) is 55.9 cm³/mol. The summed E-state index contributed by atoms with van der Waals surface area (Å²) in [5.41, 5.74) is 1.35. The highest BCUT2D eigenvalue weighted by Crippen LogP contribution is 2.36. The van der Waals surface area contributed by atoms with Crippen molar-refractivity contribution in [1.82, 2.24) is 0 Å². The predicted octanol–water partition coefficient (Wildman–Crippen LogP) is 2.39. The highest BCUT2D eigenvalue weighted by atomic mass is 32.2. The zero-order valence-corrected chi connectivity index (χ0v) is 9.24. The molecule has 13 heavy (non-hydrogen) atoms. The zero-order chi connectivity index (χ0) is 9.90. The van der Waals surface area contributed by atoms with Crippen molar-refractivity contribution < 1.29 is 9.53 Å². The zero-order valence-electron chi connectivity index (χ0n) is 8.42. The van der Waals surface area contributed by atoms with E-state index in [1.807, 2.05) is 13.8 Å². The summed E-state index contributed by atoms with van der Waals surface area (Å²) in [5.74, 6) is 0.860. The largest absolute Gasteiger partial charge is 0.465 e. The fraction of sp³-hybridized carbons (Fsp3) is 0.700. The second kappa shape index (κ2) is 4.18. The van der Waals surface area contributed by atoms with Crippen molar-refractivity contribution in [3.8, 4) is 0 Å². The minimum atomic E-state index is -0.352. The Morgan fingerprint density at radius 2 is 2.46 bits per heavy atom. The molecule has 0 amide bonds. The first-order chi connectivity index (χ1) is 6.08. The summed E-state index contributed by atoms with van der Waals surface area (Å²) in [6.07, 6.45) is 2.93. The lowest BCUT2D eigenvalue weighted by molar-refractivity contribution is -0.145. The molecule has 2 nitrogen and oxygen atoms in total. The second-order valence-corrected chi connectivity index (χ2v) is 4.97. The van der Waals surface area contributed by atoms with Crippen LogP contribution in [0.25, 0.3) is 0 Å². The number of carbonyl (C=O) groups is 1. The molecule has 0 radical (unpaired) electrons. The average Bonchev–Trinajstić information content (AvgIpc) is 2.11. The van der Waals surface area contributed by atoms with Crippen LogP contribution in [0.15, 0.2) is 11.6 Å². The number of hydrogen-bond donors (Lipinski definition) is 0. The van der Waals surface area contributed by atoms with Gasteiger partial charge in [0.05, 0.1) is 6.61 Å². The molecule has 0 aromatic carbocycles. The van der Waals surface area contributed by atoms with Gasteiger partial charge in [-0.1, -0.05) is 11.6 Å². The van der Waals surface area contributed by atoms with Gasteiger partial charge in [0.1, 0.15) is 4.75 Å². The van der Waals surface area contributed by atoms with Crippen LogP contribution in [-0.2, 0) is 9.53 Å². The van der Waals surface area contributed by atoms with Gasteiger partial charge in [0, 0.05) is 5.75 Å². The van der Waals surface area contributed by atoms with Gasteiger partial charge < -0.3 is 4.74 Å². The van der Waals surface area contributed by atoms with Crippen LogP contribution in [0.4, 0.5) is 0 Å². The summed E-state index contributed by atoms with van der Waals surface area (Å²) in [7, 11) is 0. The van der Waals surface area contributed by atoms with Crippen LogP contribution in [0.3, 0.4) is 0 Å². The molecular formula is C10H16O2S. The topological polar surface area (TPSA) is 26.3 Å². The Balaban J connectivity index is 2.62. The van der Waals surface area contributed by atoms with Crippen LogP contribution in [0.2, 0.25) is 0 Å². The molecule has 1 heterocycles. The molecular weight excluding hydrogens is 184 g/mol. The van der Waals surface area contributed by atoms with Crippen LogP contribution < -0.4 is 0 Å². The van der Waals surface area contributed by atoms with Crippen molar-refractivity contribution in [3.05, 3.63) is 11.6 Å². The van der Waals surface area contributed by atoms with E-state index in [2.05, 4.69) is 13.0 Å². The highest BCUT2D eigenvalue weighted by molar-refractivity contribution is 8.01. The van der Waals surface area contributed by atoms with Gasteiger partial charge in [-0.25, -0.2) is 0 Å². The number of ether oxygens (including phenoxy) is 1. The standard InChI is InChI=1S/C10H16O2S/c1-4-12-9(11)10(3)6-5-8(2)7-13-10/h5H,4,6-7H2,1-3H3. The average molecular weight is 200 g/mol. The van der Waals surface area contributed by atoms with Crippen molar-refractivity contribution in [2.75, 3.05) is 12.4 Å². The maximum Gasteiger partial charge on any atom is 0.322 e. The molecule has 0 bridgehead atoms. The molecule has 1 unspecified atom stereocenters. The summed E-state index contributed by atoms with van der Waals surface area (Å²) < 4.78 is 4.68. The number of rotatable bonds is 2. The van der Waals surface area contributed by atoms with E-state index in [9.17, 15) is 4.79 Å². The second-order valence-electron chi connectivity index (χ2n) is 3.49. The van der Waals surface area contributed by atoms with Gasteiger partial charge in [-0.05, 0) is 27.2 Å². The highest BCUT2D eigenvalue weighted by Gasteiger charge is 2.36. The van der Waals surface area contributed by atoms with Crippen LogP contribution in [-0.4, -0.2) is 23.1 Å². The molecule has 0 aromatic rings. The molecule has 0 fully saturated rings. The molecule has 0 N–H and O–H groups in total. The van der Waals surface area contributed by atoms with Crippen LogP contribution in [0.1, 0.15) is 27.2 Å². The first-order valence-corrected chi connectivity index (χ1v) is 5.54. The summed E-state index contributed by atoms with van der Waals surface area (Å²) in [4.78, 5) is 11.6. The van der Waals surface area contributed by atoms with Gasteiger partial charge in [0.15, 0.2) is 0 Å². The SMILES string of the molecule is CCOC(=O)C1(C)CC=C(C)CS1. The molecule has 0 spiro atoms.